The maximum atomic E-state index is 5.91. The third-order valence-corrected chi connectivity index (χ3v) is 4.02. The van der Waals surface area contributed by atoms with Crippen LogP contribution in [0.5, 0.6) is 0 Å². The highest BCUT2D eigenvalue weighted by Gasteiger charge is 2.50. The average molecular weight is 265 g/mol. The lowest BCUT2D eigenvalue weighted by Crippen LogP contribution is -2.41. The number of hydrogen-bond acceptors (Lipinski definition) is 2. The number of halogens is 1. The van der Waals surface area contributed by atoms with Crippen molar-refractivity contribution in [3.05, 3.63) is 0 Å². The van der Waals surface area contributed by atoms with Crippen LogP contribution in [0.15, 0.2) is 0 Å². The van der Waals surface area contributed by atoms with Crippen molar-refractivity contribution >= 4 is 15.9 Å². The summed E-state index contributed by atoms with van der Waals surface area (Å²) >= 11 is 3.62. The van der Waals surface area contributed by atoms with Crippen molar-refractivity contribution in [3.63, 3.8) is 0 Å². The van der Waals surface area contributed by atoms with Gasteiger partial charge in [0, 0.05) is 0 Å². The zero-order valence-corrected chi connectivity index (χ0v) is 11.3. The van der Waals surface area contributed by atoms with Crippen LogP contribution in [-0.2, 0) is 9.47 Å². The minimum Gasteiger partial charge on any atom is -0.343 e. The van der Waals surface area contributed by atoms with Crippen LogP contribution in [0.2, 0.25) is 0 Å². The van der Waals surface area contributed by atoms with Gasteiger partial charge in [0.1, 0.15) is 0 Å². The summed E-state index contributed by atoms with van der Waals surface area (Å²) < 4.78 is 11.8. The fraction of sp³-hybridized carbons (Fsp3) is 1.00. The molecule has 0 radical (unpaired) electrons. The third-order valence-electron chi connectivity index (χ3n) is 3.13. The Labute approximate surface area is 95.5 Å². The van der Waals surface area contributed by atoms with E-state index in [0.717, 1.165) is 12.8 Å². The Morgan fingerprint density at radius 1 is 1.14 bits per heavy atom. The fourth-order valence-corrected chi connectivity index (χ4v) is 2.12. The molecule has 14 heavy (non-hydrogen) atoms. The van der Waals surface area contributed by atoms with E-state index in [2.05, 4.69) is 50.5 Å². The maximum absolute atomic E-state index is 5.91. The van der Waals surface area contributed by atoms with Crippen LogP contribution in [0.4, 0.5) is 0 Å². The van der Waals surface area contributed by atoms with Gasteiger partial charge in [0.05, 0.1) is 16.0 Å². The van der Waals surface area contributed by atoms with Crippen molar-refractivity contribution in [2.75, 3.05) is 0 Å². The Morgan fingerprint density at radius 3 is 1.93 bits per heavy atom. The standard InChI is InChI=1S/C11H21BrO2/c1-6-7-8(12)9-13-10(2,3)11(4,5)14-9/h8-9H,6-7H2,1-5H3. The largest absolute Gasteiger partial charge is 0.343 e. The van der Waals surface area contributed by atoms with E-state index in [9.17, 15) is 0 Å². The van der Waals surface area contributed by atoms with E-state index in [1.807, 2.05) is 0 Å². The van der Waals surface area contributed by atoms with E-state index in [0.29, 0.717) is 4.83 Å². The molecular formula is C11H21BrO2. The van der Waals surface area contributed by atoms with Crippen LogP contribution in [0.3, 0.4) is 0 Å². The number of alkyl halides is 1. The highest BCUT2D eigenvalue weighted by atomic mass is 79.9. The van der Waals surface area contributed by atoms with Crippen LogP contribution in [0.25, 0.3) is 0 Å². The monoisotopic (exact) mass is 264 g/mol. The second-order valence-corrected chi connectivity index (χ2v) is 6.11. The summed E-state index contributed by atoms with van der Waals surface area (Å²) in [4.78, 5) is 0.300. The smallest absolute Gasteiger partial charge is 0.171 e. The number of hydrogen-bond donors (Lipinski definition) is 0. The third kappa shape index (κ3) is 2.31. The molecule has 0 N–H and O–H groups in total. The zero-order chi connectivity index (χ0) is 11.0. The molecule has 0 saturated carbocycles. The Morgan fingerprint density at radius 2 is 1.57 bits per heavy atom. The van der Waals surface area contributed by atoms with E-state index in [-0.39, 0.29) is 17.5 Å². The molecule has 1 fully saturated rings. The highest BCUT2D eigenvalue weighted by molar-refractivity contribution is 9.09. The van der Waals surface area contributed by atoms with Crippen molar-refractivity contribution in [3.8, 4) is 0 Å². The summed E-state index contributed by atoms with van der Waals surface area (Å²) in [6.45, 7) is 10.5. The molecule has 1 unspecified atom stereocenters. The van der Waals surface area contributed by atoms with Crippen LogP contribution in [0, 0.1) is 0 Å². The van der Waals surface area contributed by atoms with E-state index >= 15 is 0 Å². The maximum Gasteiger partial charge on any atom is 0.171 e. The molecule has 1 aliphatic rings. The zero-order valence-electron chi connectivity index (χ0n) is 9.76. The molecule has 0 aromatic carbocycles. The molecule has 0 spiro atoms. The quantitative estimate of drug-likeness (QED) is 0.727. The first-order chi connectivity index (χ1) is 6.30. The summed E-state index contributed by atoms with van der Waals surface area (Å²) in [5, 5.41) is 0. The molecule has 2 nitrogen and oxygen atoms in total. The summed E-state index contributed by atoms with van der Waals surface area (Å²) in [6, 6.07) is 0. The molecule has 0 aliphatic carbocycles. The fourth-order valence-electron chi connectivity index (χ4n) is 1.45. The lowest BCUT2D eigenvalue weighted by molar-refractivity contribution is -0.0856. The Balaban J connectivity index is 2.63. The van der Waals surface area contributed by atoms with Crippen molar-refractivity contribution < 1.29 is 9.47 Å². The van der Waals surface area contributed by atoms with Crippen molar-refractivity contribution in [1.29, 1.82) is 0 Å². The van der Waals surface area contributed by atoms with E-state index < -0.39 is 0 Å². The van der Waals surface area contributed by atoms with E-state index in [1.54, 1.807) is 0 Å². The first kappa shape index (κ1) is 12.5. The van der Waals surface area contributed by atoms with Gasteiger partial charge in [-0.15, -0.1) is 0 Å². The number of rotatable bonds is 3. The SMILES string of the molecule is CCCC(Br)C1OC(C)(C)C(C)(C)O1. The topological polar surface area (TPSA) is 18.5 Å². The molecule has 0 aromatic heterocycles. The average Bonchev–Trinajstić information content (AvgIpc) is 2.22. The van der Waals surface area contributed by atoms with Crippen LogP contribution in [0.1, 0.15) is 47.5 Å². The van der Waals surface area contributed by atoms with Gasteiger partial charge in [0.15, 0.2) is 6.29 Å². The van der Waals surface area contributed by atoms with Crippen LogP contribution >= 0.6 is 15.9 Å². The van der Waals surface area contributed by atoms with Gasteiger partial charge in [0.2, 0.25) is 0 Å². The Bertz CT molecular complexity index is 185. The molecule has 0 bridgehead atoms. The van der Waals surface area contributed by atoms with Gasteiger partial charge in [-0.1, -0.05) is 29.3 Å². The first-order valence-corrected chi connectivity index (χ1v) is 6.21. The van der Waals surface area contributed by atoms with Crippen LogP contribution < -0.4 is 0 Å². The van der Waals surface area contributed by atoms with Gasteiger partial charge in [-0.05, 0) is 34.1 Å². The Hall–Kier alpha value is 0.400. The summed E-state index contributed by atoms with van der Waals surface area (Å²) in [5.41, 5.74) is -0.422. The molecule has 3 heteroatoms. The van der Waals surface area contributed by atoms with Crippen molar-refractivity contribution in [1.82, 2.24) is 0 Å². The van der Waals surface area contributed by atoms with Gasteiger partial charge in [-0.2, -0.15) is 0 Å². The van der Waals surface area contributed by atoms with Gasteiger partial charge >= 0.3 is 0 Å². The molecule has 1 saturated heterocycles. The molecule has 1 aliphatic heterocycles. The molecule has 0 aromatic rings. The van der Waals surface area contributed by atoms with Gasteiger partial charge < -0.3 is 9.47 Å². The predicted molar refractivity (Wildman–Crippen MR) is 61.7 cm³/mol. The lowest BCUT2D eigenvalue weighted by Gasteiger charge is -2.30. The van der Waals surface area contributed by atoms with Crippen LogP contribution in [-0.4, -0.2) is 22.3 Å². The van der Waals surface area contributed by atoms with Gasteiger partial charge in [0.25, 0.3) is 0 Å². The van der Waals surface area contributed by atoms with E-state index in [1.165, 1.54) is 0 Å². The van der Waals surface area contributed by atoms with Crippen molar-refractivity contribution in [2.24, 2.45) is 0 Å². The lowest BCUT2D eigenvalue weighted by atomic mass is 9.90. The molecule has 0 amide bonds. The van der Waals surface area contributed by atoms with Gasteiger partial charge in [-0.25, -0.2) is 0 Å². The second-order valence-electron chi connectivity index (χ2n) is 4.93. The minimum absolute atomic E-state index is 0.111. The molecule has 1 heterocycles. The number of ether oxygens (including phenoxy) is 2. The normalized spacial score (nSPS) is 27.9. The second kappa shape index (κ2) is 4.11. The molecule has 1 atom stereocenters. The first-order valence-electron chi connectivity index (χ1n) is 5.30. The minimum atomic E-state index is -0.211. The van der Waals surface area contributed by atoms with Crippen molar-refractivity contribution in [2.45, 2.75) is 69.8 Å². The van der Waals surface area contributed by atoms with Gasteiger partial charge in [-0.3, -0.25) is 0 Å². The summed E-state index contributed by atoms with van der Waals surface area (Å²) in [6.07, 6.45) is 2.11. The summed E-state index contributed by atoms with van der Waals surface area (Å²) in [5.74, 6) is 0. The predicted octanol–water partition coefficient (Wildman–Crippen LogP) is 3.48. The molecule has 1 rings (SSSR count). The molecule has 84 valence electrons. The Kier molecular flexibility index (Phi) is 3.66. The van der Waals surface area contributed by atoms with E-state index in [4.69, 9.17) is 9.47 Å². The highest BCUT2D eigenvalue weighted by Crippen LogP contribution is 2.41. The molecular weight excluding hydrogens is 244 g/mol. The summed E-state index contributed by atoms with van der Waals surface area (Å²) in [7, 11) is 0.